The van der Waals surface area contributed by atoms with Crippen LogP contribution in [0.4, 0.5) is 0 Å². The maximum atomic E-state index is 6.15. The second kappa shape index (κ2) is 5.80. The fourth-order valence-corrected chi connectivity index (χ4v) is 1.62. The van der Waals surface area contributed by atoms with E-state index in [1.165, 1.54) is 0 Å². The fraction of sp³-hybridized carbons (Fsp3) is 0.333. The fourth-order valence-electron chi connectivity index (χ4n) is 1.62. The Bertz CT molecular complexity index is 458. The molecular weight excluding hydrogens is 238 g/mol. The van der Waals surface area contributed by atoms with Gasteiger partial charge < -0.3 is 10.3 Å². The van der Waals surface area contributed by atoms with Crippen LogP contribution in [0.1, 0.15) is 36.2 Å². The van der Waals surface area contributed by atoms with Gasteiger partial charge in [-0.3, -0.25) is 0 Å². The molecule has 0 spiro atoms. The van der Waals surface area contributed by atoms with Crippen molar-refractivity contribution in [3.05, 3.63) is 47.6 Å². The minimum Gasteiger partial charge on any atom is -0.339 e. The summed E-state index contributed by atoms with van der Waals surface area (Å²) in [5.41, 5.74) is 7.23. The van der Waals surface area contributed by atoms with Gasteiger partial charge in [0, 0.05) is 6.04 Å². The molecule has 1 aromatic heterocycles. The van der Waals surface area contributed by atoms with E-state index in [2.05, 4.69) is 10.1 Å². The van der Waals surface area contributed by atoms with Crippen LogP contribution in [-0.4, -0.2) is 10.1 Å². The summed E-state index contributed by atoms with van der Waals surface area (Å²) in [7, 11) is 0. The number of aryl methyl sites for hydroxylation is 1. The molecule has 2 aromatic rings. The van der Waals surface area contributed by atoms with Crippen molar-refractivity contribution in [2.24, 2.45) is 5.73 Å². The highest BCUT2D eigenvalue weighted by Gasteiger charge is 2.21. The molecule has 17 heavy (non-hydrogen) atoms. The van der Waals surface area contributed by atoms with Gasteiger partial charge in [0.15, 0.2) is 5.82 Å². The molecule has 1 heterocycles. The van der Waals surface area contributed by atoms with Crippen LogP contribution in [0.25, 0.3) is 0 Å². The summed E-state index contributed by atoms with van der Waals surface area (Å²) in [4.78, 5) is 4.20. The predicted molar refractivity (Wildman–Crippen MR) is 68.1 cm³/mol. The second-order valence-electron chi connectivity index (χ2n) is 3.90. The SMILES string of the molecule is Cc1noc(C(C)C(N)c2ccccc2)n1.Cl. The molecule has 0 amide bonds. The lowest BCUT2D eigenvalue weighted by atomic mass is 9.95. The van der Waals surface area contributed by atoms with Crippen LogP contribution in [0.15, 0.2) is 34.9 Å². The molecule has 0 fully saturated rings. The number of aromatic nitrogens is 2. The van der Waals surface area contributed by atoms with Crippen molar-refractivity contribution in [1.82, 2.24) is 10.1 Å². The Morgan fingerprint density at radius 3 is 2.41 bits per heavy atom. The number of rotatable bonds is 3. The highest BCUT2D eigenvalue weighted by atomic mass is 35.5. The van der Waals surface area contributed by atoms with Gasteiger partial charge in [-0.15, -0.1) is 12.4 Å². The van der Waals surface area contributed by atoms with Crippen LogP contribution in [0.3, 0.4) is 0 Å². The minimum atomic E-state index is -0.124. The third kappa shape index (κ3) is 3.05. The molecule has 0 bridgehead atoms. The highest BCUT2D eigenvalue weighted by molar-refractivity contribution is 5.85. The van der Waals surface area contributed by atoms with E-state index in [1.807, 2.05) is 37.3 Å². The van der Waals surface area contributed by atoms with Crippen molar-refractivity contribution in [1.29, 1.82) is 0 Å². The first kappa shape index (κ1) is 13.7. The molecule has 1 aromatic carbocycles. The van der Waals surface area contributed by atoms with Gasteiger partial charge in [-0.05, 0) is 12.5 Å². The van der Waals surface area contributed by atoms with E-state index >= 15 is 0 Å². The van der Waals surface area contributed by atoms with Crippen molar-refractivity contribution in [3.63, 3.8) is 0 Å². The lowest BCUT2D eigenvalue weighted by molar-refractivity contribution is 0.341. The Balaban J connectivity index is 0.00000144. The quantitative estimate of drug-likeness (QED) is 0.913. The van der Waals surface area contributed by atoms with E-state index in [0.717, 1.165) is 5.56 Å². The number of hydrogen-bond donors (Lipinski definition) is 1. The lowest BCUT2D eigenvalue weighted by Gasteiger charge is -2.16. The van der Waals surface area contributed by atoms with E-state index in [0.29, 0.717) is 11.7 Å². The predicted octanol–water partition coefficient (Wildman–Crippen LogP) is 2.60. The molecule has 0 aliphatic heterocycles. The van der Waals surface area contributed by atoms with Crippen LogP contribution in [0.5, 0.6) is 0 Å². The normalized spacial score (nSPS) is 13.8. The van der Waals surface area contributed by atoms with E-state index in [9.17, 15) is 0 Å². The molecule has 0 aliphatic carbocycles. The molecule has 2 N–H and O–H groups in total. The summed E-state index contributed by atoms with van der Waals surface area (Å²) in [6.07, 6.45) is 0. The Labute approximate surface area is 107 Å². The summed E-state index contributed by atoms with van der Waals surface area (Å²) >= 11 is 0. The molecule has 0 radical (unpaired) electrons. The van der Waals surface area contributed by atoms with Gasteiger partial charge in [0.2, 0.25) is 5.89 Å². The highest BCUT2D eigenvalue weighted by Crippen LogP contribution is 2.26. The van der Waals surface area contributed by atoms with Crippen LogP contribution >= 0.6 is 12.4 Å². The second-order valence-corrected chi connectivity index (χ2v) is 3.90. The van der Waals surface area contributed by atoms with Gasteiger partial charge in [-0.2, -0.15) is 4.98 Å². The summed E-state index contributed by atoms with van der Waals surface area (Å²) in [6.45, 7) is 3.79. The lowest BCUT2D eigenvalue weighted by Crippen LogP contribution is -2.17. The third-order valence-electron chi connectivity index (χ3n) is 2.66. The molecule has 2 unspecified atom stereocenters. The Morgan fingerprint density at radius 2 is 1.88 bits per heavy atom. The van der Waals surface area contributed by atoms with Crippen molar-refractivity contribution in [2.45, 2.75) is 25.8 Å². The molecule has 0 aliphatic rings. The molecule has 0 saturated carbocycles. The van der Waals surface area contributed by atoms with Gasteiger partial charge in [-0.1, -0.05) is 42.4 Å². The number of hydrogen-bond acceptors (Lipinski definition) is 4. The molecule has 92 valence electrons. The average Bonchev–Trinajstić information content (AvgIpc) is 2.75. The number of halogens is 1. The minimum absolute atomic E-state index is 0. The largest absolute Gasteiger partial charge is 0.339 e. The monoisotopic (exact) mass is 253 g/mol. The molecule has 5 heteroatoms. The number of nitrogens with two attached hydrogens (primary N) is 1. The van der Waals surface area contributed by atoms with Crippen molar-refractivity contribution in [2.75, 3.05) is 0 Å². The summed E-state index contributed by atoms with van der Waals surface area (Å²) in [5.74, 6) is 1.25. The van der Waals surface area contributed by atoms with Gasteiger partial charge >= 0.3 is 0 Å². The van der Waals surface area contributed by atoms with Crippen molar-refractivity contribution in [3.8, 4) is 0 Å². The zero-order chi connectivity index (χ0) is 11.5. The summed E-state index contributed by atoms with van der Waals surface area (Å²) in [6, 6.07) is 9.80. The van der Waals surface area contributed by atoms with E-state index in [1.54, 1.807) is 6.92 Å². The van der Waals surface area contributed by atoms with Crippen LogP contribution < -0.4 is 5.73 Å². The summed E-state index contributed by atoms with van der Waals surface area (Å²) in [5, 5.41) is 3.77. The number of nitrogens with zero attached hydrogens (tertiary/aromatic N) is 2. The molecule has 0 saturated heterocycles. The zero-order valence-electron chi connectivity index (χ0n) is 9.83. The average molecular weight is 254 g/mol. The van der Waals surface area contributed by atoms with Gasteiger partial charge in [0.05, 0.1) is 5.92 Å². The van der Waals surface area contributed by atoms with Crippen molar-refractivity contribution >= 4 is 12.4 Å². The Morgan fingerprint density at radius 1 is 1.24 bits per heavy atom. The van der Waals surface area contributed by atoms with Crippen molar-refractivity contribution < 1.29 is 4.52 Å². The van der Waals surface area contributed by atoms with Gasteiger partial charge in [0.1, 0.15) is 0 Å². The third-order valence-corrected chi connectivity index (χ3v) is 2.66. The first-order valence-electron chi connectivity index (χ1n) is 5.29. The topological polar surface area (TPSA) is 64.9 Å². The first-order chi connectivity index (χ1) is 7.68. The van der Waals surface area contributed by atoms with E-state index < -0.39 is 0 Å². The molecular formula is C12H16ClN3O. The van der Waals surface area contributed by atoms with Crippen LogP contribution in [0.2, 0.25) is 0 Å². The maximum absolute atomic E-state index is 6.15. The standard InChI is InChI=1S/C12H15N3O.ClH/c1-8(12-14-9(2)15-16-12)11(13)10-6-4-3-5-7-10;/h3-8,11H,13H2,1-2H3;1H. The van der Waals surface area contributed by atoms with Gasteiger partial charge in [-0.25, -0.2) is 0 Å². The smallest absolute Gasteiger partial charge is 0.231 e. The Kier molecular flexibility index (Phi) is 4.66. The maximum Gasteiger partial charge on any atom is 0.231 e. The van der Waals surface area contributed by atoms with Gasteiger partial charge in [0.25, 0.3) is 0 Å². The molecule has 2 rings (SSSR count). The van der Waals surface area contributed by atoms with E-state index in [4.69, 9.17) is 10.3 Å². The molecule has 2 atom stereocenters. The van der Waals surface area contributed by atoms with E-state index in [-0.39, 0.29) is 24.4 Å². The number of benzene rings is 1. The summed E-state index contributed by atoms with van der Waals surface area (Å²) < 4.78 is 5.13. The van der Waals surface area contributed by atoms with Crippen LogP contribution in [-0.2, 0) is 0 Å². The molecule has 4 nitrogen and oxygen atoms in total. The van der Waals surface area contributed by atoms with Crippen LogP contribution in [0, 0.1) is 6.92 Å². The Hall–Kier alpha value is -1.39. The zero-order valence-corrected chi connectivity index (χ0v) is 10.6. The first-order valence-corrected chi connectivity index (χ1v) is 5.29.